The molecule has 0 unspecified atom stereocenters. The Labute approximate surface area is 138 Å². The molecule has 0 spiro atoms. The Balaban J connectivity index is 1.70. The summed E-state index contributed by atoms with van der Waals surface area (Å²) in [5.41, 5.74) is 1.01. The molecule has 0 aliphatic heterocycles. The predicted molar refractivity (Wildman–Crippen MR) is 83.6 cm³/mol. The first-order valence-electron chi connectivity index (χ1n) is 7.52. The summed E-state index contributed by atoms with van der Waals surface area (Å²) in [6, 6.07) is 5.47. The first-order valence-corrected chi connectivity index (χ1v) is 7.52. The highest BCUT2D eigenvalue weighted by Crippen LogP contribution is 2.15. The van der Waals surface area contributed by atoms with E-state index in [1.54, 1.807) is 23.9 Å². The fraction of sp³-hybridized carbons (Fsp3) is 0.312. The third kappa shape index (κ3) is 3.17. The van der Waals surface area contributed by atoms with E-state index in [9.17, 15) is 4.79 Å². The number of nitrogens with zero attached hydrogens (tertiary/aromatic N) is 5. The standard InChI is InChI=1S/C16H17N5O3/c1-10(2)15-19-14(24-20-15)9-23-16(22)12-8-18-21(11(12)3)13-6-4-5-7-17-13/h4-8,10H,9H2,1-3H3. The van der Waals surface area contributed by atoms with Crippen LogP contribution in [-0.2, 0) is 11.3 Å². The van der Waals surface area contributed by atoms with Crippen LogP contribution in [0.25, 0.3) is 5.82 Å². The molecule has 3 aromatic heterocycles. The van der Waals surface area contributed by atoms with Crippen LogP contribution < -0.4 is 0 Å². The van der Waals surface area contributed by atoms with Crippen molar-refractivity contribution in [3.05, 3.63) is 53.6 Å². The number of carbonyl (C=O) groups excluding carboxylic acids is 1. The summed E-state index contributed by atoms with van der Waals surface area (Å²) in [5, 5.41) is 8.02. The van der Waals surface area contributed by atoms with Gasteiger partial charge < -0.3 is 9.26 Å². The minimum atomic E-state index is -0.501. The normalized spacial score (nSPS) is 11.0. The molecule has 24 heavy (non-hydrogen) atoms. The van der Waals surface area contributed by atoms with Gasteiger partial charge in [0.05, 0.1) is 11.9 Å². The molecule has 0 aliphatic rings. The Bertz CT molecular complexity index is 839. The van der Waals surface area contributed by atoms with Crippen molar-refractivity contribution in [3.63, 3.8) is 0 Å². The molecule has 0 amide bonds. The van der Waals surface area contributed by atoms with Crippen molar-refractivity contribution >= 4 is 5.97 Å². The Hall–Kier alpha value is -3.03. The van der Waals surface area contributed by atoms with E-state index < -0.39 is 5.97 Å². The molecular formula is C16H17N5O3. The van der Waals surface area contributed by atoms with Crippen molar-refractivity contribution in [3.8, 4) is 5.82 Å². The highest BCUT2D eigenvalue weighted by Gasteiger charge is 2.18. The van der Waals surface area contributed by atoms with Crippen LogP contribution >= 0.6 is 0 Å². The number of pyridine rings is 1. The van der Waals surface area contributed by atoms with Gasteiger partial charge in [-0.05, 0) is 19.1 Å². The van der Waals surface area contributed by atoms with Gasteiger partial charge in [-0.25, -0.2) is 14.5 Å². The Morgan fingerprint density at radius 1 is 1.38 bits per heavy atom. The highest BCUT2D eigenvalue weighted by atomic mass is 16.6. The Kier molecular flexibility index (Phi) is 4.37. The van der Waals surface area contributed by atoms with E-state index in [2.05, 4.69) is 20.2 Å². The highest BCUT2D eigenvalue weighted by molar-refractivity contribution is 5.90. The summed E-state index contributed by atoms with van der Waals surface area (Å²) < 4.78 is 11.9. The second-order valence-corrected chi connectivity index (χ2v) is 5.52. The van der Waals surface area contributed by atoms with Crippen LogP contribution in [0.15, 0.2) is 35.1 Å². The smallest absolute Gasteiger partial charge is 0.342 e. The van der Waals surface area contributed by atoms with Crippen molar-refractivity contribution in [1.82, 2.24) is 24.9 Å². The van der Waals surface area contributed by atoms with E-state index in [1.807, 2.05) is 26.0 Å². The Morgan fingerprint density at radius 3 is 2.88 bits per heavy atom. The zero-order chi connectivity index (χ0) is 17.1. The van der Waals surface area contributed by atoms with E-state index >= 15 is 0 Å². The maximum Gasteiger partial charge on any atom is 0.342 e. The number of carbonyl (C=O) groups is 1. The summed E-state index contributed by atoms with van der Waals surface area (Å²) in [7, 11) is 0. The van der Waals surface area contributed by atoms with E-state index in [-0.39, 0.29) is 18.4 Å². The predicted octanol–water partition coefficient (Wildman–Crippen LogP) is 2.44. The molecule has 0 fully saturated rings. The molecule has 8 heteroatoms. The van der Waals surface area contributed by atoms with Crippen LogP contribution in [0.3, 0.4) is 0 Å². The molecule has 0 aliphatic carbocycles. The lowest BCUT2D eigenvalue weighted by atomic mass is 10.2. The van der Waals surface area contributed by atoms with Gasteiger partial charge in [0.15, 0.2) is 18.2 Å². The lowest BCUT2D eigenvalue weighted by molar-refractivity contribution is 0.0429. The summed E-state index contributed by atoms with van der Waals surface area (Å²) in [5.74, 6) is 1.13. The van der Waals surface area contributed by atoms with Crippen LogP contribution in [0.5, 0.6) is 0 Å². The van der Waals surface area contributed by atoms with Crippen LogP contribution in [0.4, 0.5) is 0 Å². The molecular weight excluding hydrogens is 310 g/mol. The van der Waals surface area contributed by atoms with E-state index in [0.29, 0.717) is 22.9 Å². The molecule has 3 heterocycles. The molecule has 0 N–H and O–H groups in total. The third-order valence-corrected chi connectivity index (χ3v) is 3.42. The zero-order valence-corrected chi connectivity index (χ0v) is 13.6. The second-order valence-electron chi connectivity index (χ2n) is 5.52. The van der Waals surface area contributed by atoms with Crippen molar-refractivity contribution in [2.75, 3.05) is 0 Å². The van der Waals surface area contributed by atoms with Gasteiger partial charge in [-0.2, -0.15) is 10.1 Å². The van der Waals surface area contributed by atoms with Crippen LogP contribution in [0.2, 0.25) is 0 Å². The van der Waals surface area contributed by atoms with Crippen LogP contribution in [0, 0.1) is 6.92 Å². The SMILES string of the molecule is Cc1c(C(=O)OCc2nc(C(C)C)no2)cnn1-c1ccccn1. The molecule has 8 nitrogen and oxygen atoms in total. The molecule has 3 rings (SSSR count). The molecule has 0 saturated heterocycles. The van der Waals surface area contributed by atoms with Crippen molar-refractivity contribution in [1.29, 1.82) is 0 Å². The van der Waals surface area contributed by atoms with Crippen molar-refractivity contribution in [2.45, 2.75) is 33.3 Å². The number of esters is 1. The maximum atomic E-state index is 12.2. The maximum absolute atomic E-state index is 12.2. The lowest BCUT2D eigenvalue weighted by Gasteiger charge is -2.04. The van der Waals surface area contributed by atoms with Gasteiger partial charge in [0.25, 0.3) is 5.89 Å². The largest absolute Gasteiger partial charge is 0.452 e. The number of aromatic nitrogens is 5. The summed E-state index contributed by atoms with van der Waals surface area (Å²) in [6.45, 7) is 5.61. The summed E-state index contributed by atoms with van der Waals surface area (Å²) in [4.78, 5) is 20.6. The molecule has 0 atom stereocenters. The van der Waals surface area contributed by atoms with Gasteiger partial charge in [0.1, 0.15) is 5.56 Å². The fourth-order valence-electron chi connectivity index (χ4n) is 2.09. The molecule has 124 valence electrons. The molecule has 0 saturated carbocycles. The number of ether oxygens (including phenoxy) is 1. The first-order chi connectivity index (χ1) is 11.6. The van der Waals surface area contributed by atoms with E-state index in [1.165, 1.54) is 6.20 Å². The molecule has 0 radical (unpaired) electrons. The van der Waals surface area contributed by atoms with Crippen molar-refractivity contribution < 1.29 is 14.1 Å². The van der Waals surface area contributed by atoms with Gasteiger partial charge >= 0.3 is 5.97 Å². The topological polar surface area (TPSA) is 95.9 Å². The first kappa shape index (κ1) is 15.9. The quantitative estimate of drug-likeness (QED) is 0.664. The minimum Gasteiger partial charge on any atom is -0.452 e. The second kappa shape index (κ2) is 6.61. The van der Waals surface area contributed by atoms with Gasteiger partial charge in [-0.15, -0.1) is 0 Å². The van der Waals surface area contributed by atoms with Crippen molar-refractivity contribution in [2.24, 2.45) is 0 Å². The molecule has 0 bridgehead atoms. The van der Waals surface area contributed by atoms with E-state index in [4.69, 9.17) is 9.26 Å². The number of rotatable bonds is 5. The minimum absolute atomic E-state index is 0.0766. The van der Waals surface area contributed by atoms with Crippen LogP contribution in [0.1, 0.15) is 47.5 Å². The van der Waals surface area contributed by atoms with Gasteiger partial charge in [-0.3, -0.25) is 0 Å². The number of hydrogen-bond donors (Lipinski definition) is 0. The average molecular weight is 327 g/mol. The monoisotopic (exact) mass is 327 g/mol. The Morgan fingerprint density at radius 2 is 2.21 bits per heavy atom. The van der Waals surface area contributed by atoms with Gasteiger partial charge in [-0.1, -0.05) is 25.1 Å². The molecule has 3 aromatic rings. The van der Waals surface area contributed by atoms with Crippen LogP contribution in [-0.4, -0.2) is 30.9 Å². The van der Waals surface area contributed by atoms with Gasteiger partial charge in [0, 0.05) is 12.1 Å². The lowest BCUT2D eigenvalue weighted by Crippen LogP contribution is -2.08. The summed E-state index contributed by atoms with van der Waals surface area (Å²) >= 11 is 0. The average Bonchev–Trinajstić information content (AvgIpc) is 3.20. The van der Waals surface area contributed by atoms with Gasteiger partial charge in [0.2, 0.25) is 0 Å². The third-order valence-electron chi connectivity index (χ3n) is 3.42. The van der Waals surface area contributed by atoms with E-state index in [0.717, 1.165) is 0 Å². The fourth-order valence-corrected chi connectivity index (χ4v) is 2.09. The summed E-state index contributed by atoms with van der Waals surface area (Å²) in [6.07, 6.45) is 3.12. The molecule has 0 aromatic carbocycles. The number of hydrogen-bond acceptors (Lipinski definition) is 7. The zero-order valence-electron chi connectivity index (χ0n) is 13.6.